The fourth-order valence-electron chi connectivity index (χ4n) is 3.55. The second-order valence-corrected chi connectivity index (χ2v) is 10.5. The van der Waals surface area contributed by atoms with Gasteiger partial charge in [-0.15, -0.1) is 0 Å². The summed E-state index contributed by atoms with van der Waals surface area (Å²) in [6.45, 7) is 4.28. The number of sulfone groups is 1. The zero-order valence-corrected chi connectivity index (χ0v) is 18.1. The van der Waals surface area contributed by atoms with Crippen molar-refractivity contribution >= 4 is 33.3 Å². The zero-order chi connectivity index (χ0) is 20.9. The molecule has 1 fully saturated rings. The van der Waals surface area contributed by atoms with Gasteiger partial charge in [-0.1, -0.05) is 50.4 Å². The number of benzene rings is 1. The van der Waals surface area contributed by atoms with Crippen molar-refractivity contribution in [2.45, 2.75) is 51.6 Å². The molecular formula is C20H29ClN2O4S. The van der Waals surface area contributed by atoms with E-state index in [4.69, 9.17) is 11.6 Å². The predicted molar refractivity (Wildman–Crippen MR) is 111 cm³/mol. The first-order valence-electron chi connectivity index (χ1n) is 9.62. The molecule has 1 aliphatic carbocycles. The largest absolute Gasteiger partial charge is 0.351 e. The molecule has 1 saturated carbocycles. The van der Waals surface area contributed by atoms with Crippen LogP contribution in [0.4, 0.5) is 0 Å². The molecule has 0 aromatic heterocycles. The van der Waals surface area contributed by atoms with Crippen molar-refractivity contribution in [1.29, 1.82) is 0 Å². The lowest BCUT2D eigenvalue weighted by Crippen LogP contribution is -2.53. The van der Waals surface area contributed by atoms with E-state index in [1.807, 2.05) is 0 Å². The van der Waals surface area contributed by atoms with Crippen LogP contribution in [0.2, 0.25) is 5.02 Å². The number of hydrogen-bond donors (Lipinski definition) is 2. The molecular weight excluding hydrogens is 400 g/mol. The number of carbonyl (C=O) groups excluding carboxylic acids is 2. The predicted octanol–water partition coefficient (Wildman–Crippen LogP) is 2.81. The topological polar surface area (TPSA) is 92.3 Å². The summed E-state index contributed by atoms with van der Waals surface area (Å²) in [7, 11) is -3.27. The SMILES string of the molecule is CC1CCCC(NC(=O)C(CCS(C)(=O)=O)NC(=O)c2ccccc2Cl)C1C. The Labute approximate surface area is 172 Å². The number of nitrogens with one attached hydrogen (secondary N) is 2. The lowest BCUT2D eigenvalue weighted by molar-refractivity contribution is -0.124. The van der Waals surface area contributed by atoms with Crippen LogP contribution in [0.15, 0.2) is 24.3 Å². The van der Waals surface area contributed by atoms with Gasteiger partial charge in [-0.3, -0.25) is 9.59 Å². The van der Waals surface area contributed by atoms with E-state index in [1.165, 1.54) is 0 Å². The van der Waals surface area contributed by atoms with Gasteiger partial charge in [-0.05, 0) is 36.8 Å². The number of hydrogen-bond acceptors (Lipinski definition) is 4. The Morgan fingerprint density at radius 2 is 1.89 bits per heavy atom. The van der Waals surface area contributed by atoms with Crippen molar-refractivity contribution in [1.82, 2.24) is 10.6 Å². The van der Waals surface area contributed by atoms with E-state index in [0.29, 0.717) is 11.8 Å². The Morgan fingerprint density at radius 1 is 1.21 bits per heavy atom. The Hall–Kier alpha value is -1.60. The normalized spacial score (nSPS) is 23.6. The smallest absolute Gasteiger partial charge is 0.253 e. The minimum absolute atomic E-state index is 0.0114. The standard InChI is InChI=1S/C20H29ClN2O4S/c1-13-7-6-10-17(14(13)2)22-20(25)18(11-12-28(3,26)27)23-19(24)15-8-4-5-9-16(15)21/h4-5,8-9,13-14,17-18H,6-7,10-12H2,1-3H3,(H,22,25)(H,23,24). The van der Waals surface area contributed by atoms with Crippen molar-refractivity contribution in [2.75, 3.05) is 12.0 Å². The van der Waals surface area contributed by atoms with Crippen molar-refractivity contribution in [3.8, 4) is 0 Å². The molecule has 1 aromatic carbocycles. The lowest BCUT2D eigenvalue weighted by atomic mass is 9.78. The van der Waals surface area contributed by atoms with Crippen LogP contribution in [0.3, 0.4) is 0 Å². The van der Waals surface area contributed by atoms with E-state index in [0.717, 1.165) is 25.5 Å². The van der Waals surface area contributed by atoms with E-state index >= 15 is 0 Å². The lowest BCUT2D eigenvalue weighted by Gasteiger charge is -2.35. The van der Waals surface area contributed by atoms with Gasteiger partial charge in [0.25, 0.3) is 5.91 Å². The molecule has 28 heavy (non-hydrogen) atoms. The maximum atomic E-state index is 12.9. The van der Waals surface area contributed by atoms with Crippen LogP contribution >= 0.6 is 11.6 Å². The van der Waals surface area contributed by atoms with E-state index < -0.39 is 21.8 Å². The first-order valence-corrected chi connectivity index (χ1v) is 12.1. The van der Waals surface area contributed by atoms with Crippen molar-refractivity contribution in [3.63, 3.8) is 0 Å². The summed E-state index contributed by atoms with van der Waals surface area (Å²) in [6.07, 6.45) is 4.18. The number of amides is 2. The van der Waals surface area contributed by atoms with E-state index in [2.05, 4.69) is 24.5 Å². The number of rotatable bonds is 7. The minimum Gasteiger partial charge on any atom is -0.351 e. The molecule has 2 amide bonds. The molecule has 156 valence electrons. The highest BCUT2D eigenvalue weighted by molar-refractivity contribution is 7.90. The van der Waals surface area contributed by atoms with Gasteiger partial charge in [0.05, 0.1) is 16.3 Å². The highest BCUT2D eigenvalue weighted by Crippen LogP contribution is 2.29. The molecule has 2 rings (SSSR count). The summed E-state index contributed by atoms with van der Waals surface area (Å²) in [4.78, 5) is 25.5. The van der Waals surface area contributed by atoms with Gasteiger partial charge in [0.15, 0.2) is 0 Å². The van der Waals surface area contributed by atoms with Crippen molar-refractivity contribution in [3.05, 3.63) is 34.9 Å². The van der Waals surface area contributed by atoms with Crippen LogP contribution in [0.1, 0.15) is 49.9 Å². The molecule has 0 heterocycles. The van der Waals surface area contributed by atoms with Crippen LogP contribution < -0.4 is 10.6 Å². The molecule has 0 radical (unpaired) electrons. The maximum Gasteiger partial charge on any atom is 0.253 e. The van der Waals surface area contributed by atoms with Gasteiger partial charge < -0.3 is 10.6 Å². The van der Waals surface area contributed by atoms with Gasteiger partial charge in [0.1, 0.15) is 15.9 Å². The van der Waals surface area contributed by atoms with Gasteiger partial charge >= 0.3 is 0 Å². The molecule has 0 aliphatic heterocycles. The molecule has 4 unspecified atom stereocenters. The van der Waals surface area contributed by atoms with Crippen molar-refractivity contribution < 1.29 is 18.0 Å². The molecule has 0 bridgehead atoms. The Morgan fingerprint density at radius 3 is 2.54 bits per heavy atom. The third kappa shape index (κ3) is 6.48. The van der Waals surface area contributed by atoms with E-state index in [-0.39, 0.29) is 34.7 Å². The first-order chi connectivity index (χ1) is 13.1. The summed E-state index contributed by atoms with van der Waals surface area (Å²) in [6, 6.07) is 5.62. The second kappa shape index (κ2) is 9.74. The highest BCUT2D eigenvalue weighted by Gasteiger charge is 2.31. The third-order valence-electron chi connectivity index (χ3n) is 5.55. The van der Waals surface area contributed by atoms with Gasteiger partial charge in [0, 0.05) is 12.3 Å². The van der Waals surface area contributed by atoms with Gasteiger partial charge in [-0.2, -0.15) is 0 Å². The van der Waals surface area contributed by atoms with E-state index in [1.54, 1.807) is 24.3 Å². The molecule has 1 aromatic rings. The summed E-state index contributed by atoms with van der Waals surface area (Å²) in [5, 5.41) is 5.96. The van der Waals surface area contributed by atoms with Crippen LogP contribution in [-0.2, 0) is 14.6 Å². The Bertz CT molecular complexity index is 812. The number of halogens is 1. The fourth-order valence-corrected chi connectivity index (χ4v) is 4.44. The summed E-state index contributed by atoms with van der Waals surface area (Å²) in [5.41, 5.74) is 0.251. The summed E-state index contributed by atoms with van der Waals surface area (Å²) in [5.74, 6) is -0.206. The summed E-state index contributed by atoms with van der Waals surface area (Å²) >= 11 is 6.07. The molecule has 8 heteroatoms. The maximum absolute atomic E-state index is 12.9. The second-order valence-electron chi connectivity index (χ2n) is 7.81. The van der Waals surface area contributed by atoms with Crippen LogP contribution in [0.25, 0.3) is 0 Å². The molecule has 0 saturated heterocycles. The van der Waals surface area contributed by atoms with Gasteiger partial charge in [-0.25, -0.2) is 8.42 Å². The van der Waals surface area contributed by atoms with Crippen LogP contribution in [0, 0.1) is 11.8 Å². The number of carbonyl (C=O) groups is 2. The van der Waals surface area contributed by atoms with E-state index in [9.17, 15) is 18.0 Å². The fraction of sp³-hybridized carbons (Fsp3) is 0.600. The van der Waals surface area contributed by atoms with Crippen LogP contribution in [0.5, 0.6) is 0 Å². The quantitative estimate of drug-likeness (QED) is 0.698. The van der Waals surface area contributed by atoms with Crippen molar-refractivity contribution in [2.24, 2.45) is 11.8 Å². The monoisotopic (exact) mass is 428 g/mol. The average molecular weight is 429 g/mol. The highest BCUT2D eigenvalue weighted by atomic mass is 35.5. The molecule has 2 N–H and O–H groups in total. The Balaban J connectivity index is 2.12. The molecule has 0 spiro atoms. The van der Waals surface area contributed by atoms with Crippen LogP contribution in [-0.4, -0.2) is 44.3 Å². The molecule has 4 atom stereocenters. The molecule has 6 nitrogen and oxygen atoms in total. The Kier molecular flexibility index (Phi) is 7.89. The average Bonchev–Trinajstić information content (AvgIpc) is 2.61. The first kappa shape index (κ1) is 22.7. The summed E-state index contributed by atoms with van der Waals surface area (Å²) < 4.78 is 23.2. The zero-order valence-electron chi connectivity index (χ0n) is 16.6. The minimum atomic E-state index is -3.27. The third-order valence-corrected chi connectivity index (χ3v) is 6.86. The van der Waals surface area contributed by atoms with Gasteiger partial charge in [0.2, 0.25) is 5.91 Å². The molecule has 1 aliphatic rings.